The van der Waals surface area contributed by atoms with Crippen LogP contribution in [-0.4, -0.2) is 36.3 Å². The Hall–Kier alpha value is -2.67. The zero-order valence-corrected chi connectivity index (χ0v) is 17.3. The van der Waals surface area contributed by atoms with E-state index in [-0.39, 0.29) is 18.2 Å². The Morgan fingerprint density at radius 1 is 1.21 bits per heavy atom. The molecule has 0 saturated carbocycles. The molecular formula is C21H24N2O4S. The first-order valence-electron chi connectivity index (χ1n) is 9.12. The third-order valence-electron chi connectivity index (χ3n) is 5.09. The number of nitrogens with zero attached hydrogens (tertiary/aromatic N) is 1. The van der Waals surface area contributed by atoms with Gasteiger partial charge in [0.2, 0.25) is 11.8 Å². The summed E-state index contributed by atoms with van der Waals surface area (Å²) < 4.78 is 4.84. The number of esters is 1. The Morgan fingerprint density at radius 3 is 2.54 bits per heavy atom. The first-order valence-corrected chi connectivity index (χ1v) is 9.94. The lowest BCUT2D eigenvalue weighted by atomic mass is 10.1. The SMILES string of the molecule is COC(=O)c1c(NC(=O)C2CC(=O)N(Cc3ccc(C)cc3)C2)sc(C)c1C. The number of anilines is 1. The Bertz CT molecular complexity index is 917. The number of likely N-dealkylation sites (tertiary alicyclic amines) is 1. The average molecular weight is 401 g/mol. The van der Waals surface area contributed by atoms with Gasteiger partial charge in [-0.1, -0.05) is 29.8 Å². The van der Waals surface area contributed by atoms with Crippen molar-refractivity contribution in [2.24, 2.45) is 5.92 Å². The molecule has 1 atom stereocenters. The van der Waals surface area contributed by atoms with Crippen LogP contribution in [0.15, 0.2) is 24.3 Å². The monoisotopic (exact) mass is 400 g/mol. The van der Waals surface area contributed by atoms with Crippen LogP contribution in [0, 0.1) is 26.7 Å². The van der Waals surface area contributed by atoms with E-state index < -0.39 is 11.9 Å². The highest BCUT2D eigenvalue weighted by molar-refractivity contribution is 7.16. The van der Waals surface area contributed by atoms with Crippen molar-refractivity contribution < 1.29 is 19.1 Å². The van der Waals surface area contributed by atoms with Crippen LogP contribution < -0.4 is 5.32 Å². The highest BCUT2D eigenvalue weighted by Gasteiger charge is 2.35. The third-order valence-corrected chi connectivity index (χ3v) is 6.21. The molecule has 3 rings (SSSR count). The lowest BCUT2D eigenvalue weighted by molar-refractivity contribution is -0.128. The van der Waals surface area contributed by atoms with Crippen molar-refractivity contribution in [3.8, 4) is 0 Å². The normalized spacial score (nSPS) is 16.4. The average Bonchev–Trinajstić information content (AvgIpc) is 3.16. The number of thiophene rings is 1. The van der Waals surface area contributed by atoms with Gasteiger partial charge in [-0.15, -0.1) is 11.3 Å². The molecule has 2 amide bonds. The van der Waals surface area contributed by atoms with Gasteiger partial charge in [-0.2, -0.15) is 0 Å². The Balaban J connectivity index is 1.69. The van der Waals surface area contributed by atoms with Gasteiger partial charge in [0, 0.05) is 24.4 Å². The van der Waals surface area contributed by atoms with Crippen LogP contribution >= 0.6 is 11.3 Å². The highest BCUT2D eigenvalue weighted by Crippen LogP contribution is 2.34. The molecule has 0 radical (unpaired) electrons. The maximum atomic E-state index is 12.8. The van der Waals surface area contributed by atoms with Crippen molar-refractivity contribution in [1.29, 1.82) is 0 Å². The lowest BCUT2D eigenvalue weighted by Gasteiger charge is -2.17. The summed E-state index contributed by atoms with van der Waals surface area (Å²) in [5, 5.41) is 3.32. The molecule has 148 valence electrons. The molecule has 0 spiro atoms. The number of carbonyl (C=O) groups excluding carboxylic acids is 3. The molecule has 1 N–H and O–H groups in total. The van der Waals surface area contributed by atoms with Crippen LogP contribution in [0.3, 0.4) is 0 Å². The topological polar surface area (TPSA) is 75.7 Å². The predicted octanol–water partition coefficient (Wildman–Crippen LogP) is 3.45. The van der Waals surface area contributed by atoms with Gasteiger partial charge in [0.15, 0.2) is 0 Å². The van der Waals surface area contributed by atoms with Crippen LogP contribution in [0.1, 0.15) is 38.3 Å². The van der Waals surface area contributed by atoms with E-state index in [9.17, 15) is 14.4 Å². The third kappa shape index (κ3) is 4.09. The van der Waals surface area contributed by atoms with E-state index in [1.165, 1.54) is 18.4 Å². The highest BCUT2D eigenvalue weighted by atomic mass is 32.1. The summed E-state index contributed by atoms with van der Waals surface area (Å²) in [5.41, 5.74) is 3.39. The van der Waals surface area contributed by atoms with E-state index in [1.54, 1.807) is 4.90 Å². The Labute approximate surface area is 168 Å². The molecule has 6 nitrogen and oxygen atoms in total. The molecule has 1 saturated heterocycles. The van der Waals surface area contributed by atoms with Gasteiger partial charge in [-0.3, -0.25) is 9.59 Å². The van der Waals surface area contributed by atoms with E-state index in [0.29, 0.717) is 23.7 Å². The number of hydrogen-bond acceptors (Lipinski definition) is 5. The van der Waals surface area contributed by atoms with Gasteiger partial charge in [0.25, 0.3) is 0 Å². The van der Waals surface area contributed by atoms with Crippen molar-refractivity contribution in [1.82, 2.24) is 4.90 Å². The summed E-state index contributed by atoms with van der Waals surface area (Å²) in [4.78, 5) is 39.8. The largest absolute Gasteiger partial charge is 0.465 e. The van der Waals surface area contributed by atoms with Crippen LogP contribution in [0.25, 0.3) is 0 Å². The summed E-state index contributed by atoms with van der Waals surface area (Å²) in [5.74, 6) is -1.19. The van der Waals surface area contributed by atoms with Crippen molar-refractivity contribution in [2.75, 3.05) is 19.0 Å². The predicted molar refractivity (Wildman–Crippen MR) is 108 cm³/mol. The molecule has 1 aromatic carbocycles. The number of aryl methyl sites for hydroxylation is 2. The fourth-order valence-corrected chi connectivity index (χ4v) is 4.34. The number of rotatable bonds is 5. The molecule has 2 heterocycles. The van der Waals surface area contributed by atoms with Crippen molar-refractivity contribution in [2.45, 2.75) is 33.7 Å². The second-order valence-corrected chi connectivity index (χ2v) is 8.35. The maximum Gasteiger partial charge on any atom is 0.341 e. The molecule has 0 bridgehead atoms. The molecule has 28 heavy (non-hydrogen) atoms. The first-order chi connectivity index (χ1) is 13.3. The molecule has 1 aromatic heterocycles. The number of benzene rings is 1. The van der Waals surface area contributed by atoms with Crippen LogP contribution in [-0.2, 0) is 20.9 Å². The smallest absolute Gasteiger partial charge is 0.341 e. The van der Waals surface area contributed by atoms with Gasteiger partial charge in [-0.05, 0) is 31.9 Å². The number of ether oxygens (including phenoxy) is 1. The molecule has 1 unspecified atom stereocenters. The molecule has 1 aliphatic heterocycles. The number of nitrogens with one attached hydrogen (secondary N) is 1. The van der Waals surface area contributed by atoms with Gasteiger partial charge in [0.05, 0.1) is 18.6 Å². The fourth-order valence-electron chi connectivity index (χ4n) is 3.29. The number of carbonyl (C=O) groups is 3. The number of amides is 2. The lowest BCUT2D eigenvalue weighted by Crippen LogP contribution is -2.28. The minimum Gasteiger partial charge on any atom is -0.465 e. The van der Waals surface area contributed by atoms with Crippen molar-refractivity contribution in [3.05, 3.63) is 51.4 Å². The summed E-state index contributed by atoms with van der Waals surface area (Å²) >= 11 is 1.35. The van der Waals surface area contributed by atoms with E-state index in [1.807, 2.05) is 45.0 Å². The summed E-state index contributed by atoms with van der Waals surface area (Å²) in [6, 6.07) is 8.01. The van der Waals surface area contributed by atoms with Crippen molar-refractivity contribution >= 4 is 34.1 Å². The minimum absolute atomic E-state index is 0.0348. The van der Waals surface area contributed by atoms with Gasteiger partial charge < -0.3 is 15.0 Å². The molecular weight excluding hydrogens is 376 g/mol. The zero-order chi connectivity index (χ0) is 20.4. The summed E-state index contributed by atoms with van der Waals surface area (Å²) in [6.07, 6.45) is 0.175. The van der Waals surface area contributed by atoms with E-state index in [4.69, 9.17) is 4.74 Å². The van der Waals surface area contributed by atoms with Crippen molar-refractivity contribution in [3.63, 3.8) is 0 Å². The van der Waals surface area contributed by atoms with E-state index in [2.05, 4.69) is 5.32 Å². The second-order valence-electron chi connectivity index (χ2n) is 7.13. The quantitative estimate of drug-likeness (QED) is 0.780. The van der Waals surface area contributed by atoms with Gasteiger partial charge in [-0.25, -0.2) is 4.79 Å². The molecule has 1 aliphatic rings. The number of methoxy groups -OCH3 is 1. The van der Waals surface area contributed by atoms with Gasteiger partial charge in [0.1, 0.15) is 5.00 Å². The Kier molecular flexibility index (Phi) is 5.84. The maximum absolute atomic E-state index is 12.8. The molecule has 0 aliphatic carbocycles. The van der Waals surface area contributed by atoms with Crippen LogP contribution in [0.2, 0.25) is 0 Å². The minimum atomic E-state index is -0.472. The van der Waals surface area contributed by atoms with Gasteiger partial charge >= 0.3 is 5.97 Å². The second kappa shape index (κ2) is 8.14. The zero-order valence-electron chi connectivity index (χ0n) is 16.5. The first kappa shape index (κ1) is 20.1. The molecule has 7 heteroatoms. The van der Waals surface area contributed by atoms with E-state index in [0.717, 1.165) is 21.6 Å². The molecule has 1 fully saturated rings. The fraction of sp³-hybridized carbons (Fsp3) is 0.381. The summed E-state index contributed by atoms with van der Waals surface area (Å²) in [6.45, 7) is 6.60. The van der Waals surface area contributed by atoms with Crippen LogP contribution in [0.5, 0.6) is 0 Å². The van der Waals surface area contributed by atoms with E-state index >= 15 is 0 Å². The Morgan fingerprint density at radius 2 is 1.89 bits per heavy atom. The molecule has 2 aromatic rings. The summed E-state index contributed by atoms with van der Waals surface area (Å²) in [7, 11) is 1.32. The standard InChI is InChI=1S/C21H24N2O4S/c1-12-5-7-15(8-6-12)10-23-11-16(9-17(23)24)19(25)22-20-18(21(26)27-4)13(2)14(3)28-20/h5-8,16H,9-11H2,1-4H3,(H,22,25). The van der Waals surface area contributed by atoms with Crippen LogP contribution in [0.4, 0.5) is 5.00 Å². The number of hydrogen-bond donors (Lipinski definition) is 1.